The zero-order chi connectivity index (χ0) is 14.6. The van der Waals surface area contributed by atoms with Crippen LogP contribution in [0.3, 0.4) is 0 Å². The molecule has 0 unspecified atom stereocenters. The third-order valence-corrected chi connectivity index (χ3v) is 4.29. The number of nitrogens with one attached hydrogen (secondary N) is 1. The fourth-order valence-corrected chi connectivity index (χ4v) is 2.99. The van der Waals surface area contributed by atoms with E-state index in [4.69, 9.17) is 0 Å². The Hall–Kier alpha value is -1.69. The first-order valence-electron chi connectivity index (χ1n) is 6.30. The Kier molecular flexibility index (Phi) is 4.54. The van der Waals surface area contributed by atoms with E-state index in [1.54, 1.807) is 26.2 Å². The largest absolute Gasteiger partial charge is 0.253 e. The van der Waals surface area contributed by atoms with Crippen LogP contribution in [-0.2, 0) is 16.4 Å². The molecule has 0 aliphatic rings. The van der Waals surface area contributed by atoms with Gasteiger partial charge in [-0.1, -0.05) is 42.5 Å². The molecule has 0 aliphatic heterocycles. The van der Waals surface area contributed by atoms with Crippen LogP contribution in [0, 0.1) is 0 Å². The van der Waals surface area contributed by atoms with Crippen LogP contribution in [0.1, 0.15) is 11.1 Å². The molecule has 0 bridgehead atoms. The highest BCUT2D eigenvalue weighted by molar-refractivity contribution is 7.89. The van der Waals surface area contributed by atoms with Crippen LogP contribution < -0.4 is 4.83 Å². The molecular formula is C15H18N2O2S. The molecule has 1 N–H and O–H groups in total. The van der Waals surface area contributed by atoms with Gasteiger partial charge in [0, 0.05) is 14.1 Å². The van der Waals surface area contributed by atoms with Crippen molar-refractivity contribution in [3.8, 4) is 0 Å². The van der Waals surface area contributed by atoms with Crippen LogP contribution in [0.15, 0.2) is 59.5 Å². The predicted molar refractivity (Wildman–Crippen MR) is 79.7 cm³/mol. The summed E-state index contributed by atoms with van der Waals surface area (Å²) in [6, 6.07) is 17.0. The topological polar surface area (TPSA) is 49.4 Å². The second-order valence-electron chi connectivity index (χ2n) is 4.80. The van der Waals surface area contributed by atoms with Gasteiger partial charge in [0.1, 0.15) is 0 Å². The second kappa shape index (κ2) is 6.17. The van der Waals surface area contributed by atoms with Gasteiger partial charge in [-0.05, 0) is 29.7 Å². The molecule has 4 nitrogen and oxygen atoms in total. The first kappa shape index (κ1) is 14.7. The predicted octanol–water partition coefficient (Wildman–Crippen LogP) is 2.03. The zero-order valence-corrected chi connectivity index (χ0v) is 12.4. The molecule has 0 amide bonds. The molecule has 0 saturated carbocycles. The molecule has 20 heavy (non-hydrogen) atoms. The van der Waals surface area contributed by atoms with E-state index in [0.29, 0.717) is 0 Å². The molecule has 0 saturated heterocycles. The SMILES string of the molecule is CN(C)NS(=O)(=O)c1ccc(Cc2ccccc2)cc1. The van der Waals surface area contributed by atoms with Crippen LogP contribution in [0.5, 0.6) is 0 Å². The van der Waals surface area contributed by atoms with Crippen molar-refractivity contribution in [3.63, 3.8) is 0 Å². The zero-order valence-electron chi connectivity index (χ0n) is 11.6. The maximum Gasteiger partial charge on any atom is 0.253 e. The molecule has 106 valence electrons. The van der Waals surface area contributed by atoms with Crippen molar-refractivity contribution in [2.24, 2.45) is 0 Å². The summed E-state index contributed by atoms with van der Waals surface area (Å²) in [5, 5.41) is 1.41. The molecule has 0 aliphatic carbocycles. The third kappa shape index (κ3) is 3.90. The second-order valence-corrected chi connectivity index (χ2v) is 6.46. The van der Waals surface area contributed by atoms with Gasteiger partial charge in [-0.2, -0.15) is 0 Å². The first-order valence-corrected chi connectivity index (χ1v) is 7.78. The average molecular weight is 290 g/mol. The molecule has 5 heteroatoms. The highest BCUT2D eigenvalue weighted by atomic mass is 32.2. The number of hydrogen-bond donors (Lipinski definition) is 1. The Labute approximate surface area is 120 Å². The first-order chi connectivity index (χ1) is 9.47. The van der Waals surface area contributed by atoms with Crippen molar-refractivity contribution in [3.05, 3.63) is 65.7 Å². The van der Waals surface area contributed by atoms with Gasteiger partial charge < -0.3 is 0 Å². The number of hydrogen-bond acceptors (Lipinski definition) is 3. The Bertz CT molecular complexity index is 650. The van der Waals surface area contributed by atoms with Gasteiger partial charge in [0.15, 0.2) is 0 Å². The number of nitrogens with zero attached hydrogens (tertiary/aromatic N) is 1. The van der Waals surface area contributed by atoms with Crippen LogP contribution in [-0.4, -0.2) is 27.5 Å². The lowest BCUT2D eigenvalue weighted by Gasteiger charge is -2.12. The normalized spacial score (nSPS) is 11.8. The van der Waals surface area contributed by atoms with Gasteiger partial charge in [0.2, 0.25) is 0 Å². The molecule has 0 spiro atoms. The Morgan fingerprint density at radius 1 is 0.900 bits per heavy atom. The fourth-order valence-electron chi connectivity index (χ4n) is 1.91. The van der Waals surface area contributed by atoms with Crippen LogP contribution >= 0.6 is 0 Å². The van der Waals surface area contributed by atoms with Gasteiger partial charge in [-0.3, -0.25) is 0 Å². The summed E-state index contributed by atoms with van der Waals surface area (Å²) in [6.45, 7) is 0. The standard InChI is InChI=1S/C15H18N2O2S/c1-17(2)16-20(18,19)15-10-8-14(9-11-15)12-13-6-4-3-5-7-13/h3-11,16H,12H2,1-2H3. The van der Waals surface area contributed by atoms with Crippen molar-refractivity contribution in [1.82, 2.24) is 9.84 Å². The molecule has 2 rings (SSSR count). The summed E-state index contributed by atoms with van der Waals surface area (Å²) in [7, 11) is -0.193. The summed E-state index contributed by atoms with van der Waals surface area (Å²) in [6.07, 6.45) is 0.794. The van der Waals surface area contributed by atoms with Crippen molar-refractivity contribution < 1.29 is 8.42 Å². The Morgan fingerprint density at radius 3 is 2.00 bits per heavy atom. The molecule has 0 atom stereocenters. The third-order valence-electron chi connectivity index (χ3n) is 2.79. The molecule has 2 aromatic rings. The van der Waals surface area contributed by atoms with Crippen molar-refractivity contribution in [2.45, 2.75) is 11.3 Å². The average Bonchev–Trinajstić information content (AvgIpc) is 2.39. The Morgan fingerprint density at radius 2 is 1.45 bits per heavy atom. The van der Waals surface area contributed by atoms with Crippen molar-refractivity contribution in [1.29, 1.82) is 0 Å². The van der Waals surface area contributed by atoms with E-state index in [1.807, 2.05) is 30.3 Å². The summed E-state index contributed by atoms with van der Waals surface area (Å²) < 4.78 is 23.9. The van der Waals surface area contributed by atoms with Gasteiger partial charge in [-0.25, -0.2) is 13.4 Å². The van der Waals surface area contributed by atoms with Gasteiger partial charge >= 0.3 is 0 Å². The maximum absolute atomic E-state index is 12.0. The lowest BCUT2D eigenvalue weighted by atomic mass is 10.1. The molecular weight excluding hydrogens is 272 g/mol. The summed E-state index contributed by atoms with van der Waals surface area (Å²) in [5.41, 5.74) is 2.29. The monoisotopic (exact) mass is 290 g/mol. The van der Waals surface area contributed by atoms with E-state index in [1.165, 1.54) is 10.6 Å². The highest BCUT2D eigenvalue weighted by Crippen LogP contribution is 2.14. The summed E-state index contributed by atoms with van der Waals surface area (Å²) in [4.78, 5) is 2.68. The molecule has 2 aromatic carbocycles. The maximum atomic E-state index is 12.0. The lowest BCUT2D eigenvalue weighted by molar-refractivity contribution is 0.364. The lowest BCUT2D eigenvalue weighted by Crippen LogP contribution is -2.36. The highest BCUT2D eigenvalue weighted by Gasteiger charge is 2.14. The quantitative estimate of drug-likeness (QED) is 0.857. The van der Waals surface area contributed by atoms with Gasteiger partial charge in [0.25, 0.3) is 10.0 Å². The van der Waals surface area contributed by atoms with E-state index in [9.17, 15) is 8.42 Å². The van der Waals surface area contributed by atoms with Crippen molar-refractivity contribution >= 4 is 10.0 Å². The summed E-state index contributed by atoms with van der Waals surface area (Å²) in [5.74, 6) is 0. The minimum absolute atomic E-state index is 0.267. The van der Waals surface area contributed by atoms with Gasteiger partial charge in [-0.15, -0.1) is 4.83 Å². The smallest absolute Gasteiger partial charge is 0.237 e. The van der Waals surface area contributed by atoms with E-state index in [2.05, 4.69) is 17.0 Å². The number of hydrazine groups is 1. The molecule has 0 fully saturated rings. The number of benzene rings is 2. The molecule has 0 radical (unpaired) electrons. The number of rotatable bonds is 5. The van der Waals surface area contributed by atoms with Gasteiger partial charge in [0.05, 0.1) is 4.90 Å². The van der Waals surface area contributed by atoms with E-state index in [-0.39, 0.29) is 4.90 Å². The summed E-state index contributed by atoms with van der Waals surface area (Å²) >= 11 is 0. The number of sulfonamides is 1. The van der Waals surface area contributed by atoms with Crippen LogP contribution in [0.25, 0.3) is 0 Å². The Balaban J connectivity index is 2.14. The van der Waals surface area contributed by atoms with Crippen LogP contribution in [0.2, 0.25) is 0 Å². The fraction of sp³-hybridized carbons (Fsp3) is 0.200. The minimum Gasteiger partial charge on any atom is -0.237 e. The van der Waals surface area contributed by atoms with E-state index < -0.39 is 10.0 Å². The molecule has 0 aromatic heterocycles. The van der Waals surface area contributed by atoms with Crippen LogP contribution in [0.4, 0.5) is 0 Å². The molecule has 0 heterocycles. The minimum atomic E-state index is -3.47. The van der Waals surface area contributed by atoms with E-state index >= 15 is 0 Å². The van der Waals surface area contributed by atoms with Crippen molar-refractivity contribution in [2.75, 3.05) is 14.1 Å². The van der Waals surface area contributed by atoms with E-state index in [0.717, 1.165) is 12.0 Å².